The van der Waals surface area contributed by atoms with Gasteiger partial charge in [0, 0.05) is 32.7 Å². The number of hydrogen-bond donors (Lipinski definition) is 2. The summed E-state index contributed by atoms with van der Waals surface area (Å²) in [5, 5.41) is 12.4. The van der Waals surface area contributed by atoms with Crippen molar-refractivity contribution in [3.05, 3.63) is 0 Å². The molecule has 2 amide bonds. The molecule has 2 aliphatic heterocycles. The zero-order valence-corrected chi connectivity index (χ0v) is 11.6. The first-order valence-electron chi connectivity index (χ1n) is 7.16. The Labute approximate surface area is 117 Å². The second-order valence-electron chi connectivity index (χ2n) is 5.34. The third kappa shape index (κ3) is 3.67. The van der Waals surface area contributed by atoms with E-state index in [1.54, 1.807) is 4.90 Å². The van der Waals surface area contributed by atoms with Crippen LogP contribution in [-0.2, 0) is 9.59 Å². The van der Waals surface area contributed by atoms with Crippen LogP contribution in [0.2, 0.25) is 0 Å². The van der Waals surface area contributed by atoms with Crippen molar-refractivity contribution < 1.29 is 19.1 Å². The molecule has 0 spiro atoms. The lowest BCUT2D eigenvalue weighted by molar-refractivity contribution is -0.142. The highest BCUT2D eigenvalue weighted by atomic mass is 19.1. The molecule has 2 fully saturated rings. The van der Waals surface area contributed by atoms with E-state index in [9.17, 15) is 19.1 Å². The highest BCUT2D eigenvalue weighted by molar-refractivity contribution is 5.89. The first-order valence-corrected chi connectivity index (χ1v) is 7.16. The molecule has 0 saturated carbocycles. The SMILES string of the molecule is O=C(CC1NCCN(CCF)C1=O)N1CCC(O)CC1. The molecule has 7 heteroatoms. The monoisotopic (exact) mass is 287 g/mol. The number of aliphatic hydroxyl groups excluding tert-OH is 1. The molecule has 6 nitrogen and oxygen atoms in total. The van der Waals surface area contributed by atoms with Gasteiger partial charge >= 0.3 is 0 Å². The van der Waals surface area contributed by atoms with Gasteiger partial charge in [-0.15, -0.1) is 0 Å². The number of aliphatic hydroxyl groups is 1. The van der Waals surface area contributed by atoms with E-state index in [1.165, 1.54) is 4.90 Å². The number of nitrogens with one attached hydrogen (secondary N) is 1. The predicted molar refractivity (Wildman–Crippen MR) is 70.8 cm³/mol. The summed E-state index contributed by atoms with van der Waals surface area (Å²) in [6.07, 6.45) is 0.962. The summed E-state index contributed by atoms with van der Waals surface area (Å²) in [5.41, 5.74) is 0. The number of rotatable bonds is 4. The van der Waals surface area contributed by atoms with Crippen molar-refractivity contribution in [2.45, 2.75) is 31.4 Å². The van der Waals surface area contributed by atoms with Crippen molar-refractivity contribution in [2.24, 2.45) is 0 Å². The summed E-state index contributed by atoms with van der Waals surface area (Å²) >= 11 is 0. The Morgan fingerprint density at radius 2 is 2.05 bits per heavy atom. The average molecular weight is 287 g/mol. The molecule has 0 aromatic heterocycles. The third-order valence-corrected chi connectivity index (χ3v) is 3.93. The van der Waals surface area contributed by atoms with Crippen molar-refractivity contribution >= 4 is 11.8 Å². The van der Waals surface area contributed by atoms with Crippen LogP contribution >= 0.6 is 0 Å². The summed E-state index contributed by atoms with van der Waals surface area (Å²) in [4.78, 5) is 27.4. The minimum absolute atomic E-state index is 0.0788. The van der Waals surface area contributed by atoms with Gasteiger partial charge in [-0.2, -0.15) is 0 Å². The molecular weight excluding hydrogens is 265 g/mol. The van der Waals surface area contributed by atoms with Gasteiger partial charge in [0.2, 0.25) is 11.8 Å². The van der Waals surface area contributed by atoms with Gasteiger partial charge < -0.3 is 20.2 Å². The fourth-order valence-corrected chi connectivity index (χ4v) is 2.69. The minimum Gasteiger partial charge on any atom is -0.393 e. The molecule has 0 aliphatic carbocycles. The van der Waals surface area contributed by atoms with Crippen LogP contribution in [0.4, 0.5) is 4.39 Å². The average Bonchev–Trinajstić information content (AvgIpc) is 2.44. The molecule has 2 aliphatic rings. The summed E-state index contributed by atoms with van der Waals surface area (Å²) in [6, 6.07) is -0.547. The zero-order chi connectivity index (χ0) is 14.5. The van der Waals surface area contributed by atoms with E-state index in [-0.39, 0.29) is 30.9 Å². The van der Waals surface area contributed by atoms with Crippen molar-refractivity contribution in [2.75, 3.05) is 39.4 Å². The zero-order valence-electron chi connectivity index (χ0n) is 11.6. The van der Waals surface area contributed by atoms with E-state index < -0.39 is 12.7 Å². The summed E-state index contributed by atoms with van der Waals surface area (Å²) in [5.74, 6) is -0.274. The third-order valence-electron chi connectivity index (χ3n) is 3.93. The maximum absolute atomic E-state index is 12.4. The summed E-state index contributed by atoms with van der Waals surface area (Å²) < 4.78 is 12.4. The fraction of sp³-hybridized carbons (Fsp3) is 0.846. The van der Waals surface area contributed by atoms with E-state index in [1.807, 2.05) is 0 Å². The molecule has 2 saturated heterocycles. The Morgan fingerprint density at radius 3 is 2.70 bits per heavy atom. The van der Waals surface area contributed by atoms with Crippen LogP contribution in [0.1, 0.15) is 19.3 Å². The molecule has 20 heavy (non-hydrogen) atoms. The van der Waals surface area contributed by atoms with Gasteiger partial charge in [0.25, 0.3) is 0 Å². The summed E-state index contributed by atoms with van der Waals surface area (Å²) in [6.45, 7) is 1.69. The van der Waals surface area contributed by atoms with Crippen LogP contribution < -0.4 is 5.32 Å². The Bertz CT molecular complexity index is 357. The van der Waals surface area contributed by atoms with E-state index in [2.05, 4.69) is 5.32 Å². The molecule has 0 aromatic rings. The molecule has 0 aromatic carbocycles. The number of carbonyl (C=O) groups excluding carboxylic acids is 2. The fourth-order valence-electron chi connectivity index (χ4n) is 2.69. The Morgan fingerprint density at radius 1 is 1.35 bits per heavy atom. The maximum Gasteiger partial charge on any atom is 0.240 e. The van der Waals surface area contributed by atoms with Gasteiger partial charge in [-0.1, -0.05) is 0 Å². The molecule has 2 N–H and O–H groups in total. The lowest BCUT2D eigenvalue weighted by atomic mass is 10.1. The van der Waals surface area contributed by atoms with E-state index in [4.69, 9.17) is 0 Å². The van der Waals surface area contributed by atoms with Crippen molar-refractivity contribution in [3.63, 3.8) is 0 Å². The van der Waals surface area contributed by atoms with Crippen LogP contribution in [0.5, 0.6) is 0 Å². The lowest BCUT2D eigenvalue weighted by Gasteiger charge is -2.34. The number of carbonyl (C=O) groups is 2. The predicted octanol–water partition coefficient (Wildman–Crippen LogP) is -0.870. The van der Waals surface area contributed by atoms with Gasteiger partial charge in [-0.3, -0.25) is 9.59 Å². The number of piperazine rings is 1. The van der Waals surface area contributed by atoms with Crippen LogP contribution in [0, 0.1) is 0 Å². The number of amides is 2. The van der Waals surface area contributed by atoms with Crippen LogP contribution in [0.3, 0.4) is 0 Å². The second-order valence-corrected chi connectivity index (χ2v) is 5.34. The molecule has 0 bridgehead atoms. The standard InChI is InChI=1S/C13H22FN3O3/c14-3-7-17-8-4-15-11(13(17)20)9-12(19)16-5-1-10(18)2-6-16/h10-11,15,18H,1-9H2. The molecule has 1 atom stereocenters. The maximum atomic E-state index is 12.4. The highest BCUT2D eigenvalue weighted by Gasteiger charge is 2.32. The number of likely N-dealkylation sites (tertiary alicyclic amines) is 1. The van der Waals surface area contributed by atoms with Crippen LogP contribution in [0.25, 0.3) is 0 Å². The van der Waals surface area contributed by atoms with E-state index >= 15 is 0 Å². The normalized spacial score (nSPS) is 25.1. The quantitative estimate of drug-likeness (QED) is 0.705. The first kappa shape index (κ1) is 15.2. The Balaban J connectivity index is 1.85. The molecular formula is C13H22FN3O3. The van der Waals surface area contributed by atoms with Crippen molar-refractivity contribution in [3.8, 4) is 0 Å². The lowest BCUT2D eigenvalue weighted by Crippen LogP contribution is -2.57. The van der Waals surface area contributed by atoms with Gasteiger partial charge in [-0.05, 0) is 12.8 Å². The molecule has 2 rings (SSSR count). The molecule has 1 unspecified atom stereocenters. The number of piperidine rings is 1. The van der Waals surface area contributed by atoms with Gasteiger partial charge in [-0.25, -0.2) is 4.39 Å². The van der Waals surface area contributed by atoms with Gasteiger partial charge in [0.05, 0.1) is 18.6 Å². The van der Waals surface area contributed by atoms with Gasteiger partial charge in [0.15, 0.2) is 0 Å². The largest absolute Gasteiger partial charge is 0.393 e. The number of nitrogens with zero attached hydrogens (tertiary/aromatic N) is 2. The van der Waals surface area contributed by atoms with Gasteiger partial charge in [0.1, 0.15) is 6.67 Å². The molecule has 2 heterocycles. The number of hydrogen-bond acceptors (Lipinski definition) is 4. The summed E-state index contributed by atoms with van der Waals surface area (Å²) in [7, 11) is 0. The topological polar surface area (TPSA) is 72.9 Å². The van der Waals surface area contributed by atoms with Crippen molar-refractivity contribution in [1.82, 2.24) is 15.1 Å². The van der Waals surface area contributed by atoms with Crippen LogP contribution in [0.15, 0.2) is 0 Å². The Kier molecular flexibility index (Phi) is 5.31. The molecule has 114 valence electrons. The van der Waals surface area contributed by atoms with E-state index in [0.717, 1.165) is 0 Å². The Hall–Kier alpha value is -1.21. The second kappa shape index (κ2) is 6.99. The number of halogens is 1. The van der Waals surface area contributed by atoms with Crippen LogP contribution in [-0.4, -0.2) is 78.3 Å². The highest BCUT2D eigenvalue weighted by Crippen LogP contribution is 2.13. The molecule has 0 radical (unpaired) electrons. The van der Waals surface area contributed by atoms with E-state index in [0.29, 0.717) is 39.0 Å². The first-order chi connectivity index (χ1) is 9.61. The number of alkyl halides is 1. The van der Waals surface area contributed by atoms with Crippen molar-refractivity contribution in [1.29, 1.82) is 0 Å². The smallest absolute Gasteiger partial charge is 0.240 e. The minimum atomic E-state index is -0.559.